The Morgan fingerprint density at radius 1 is 1.69 bits per heavy atom. The van der Waals surface area contributed by atoms with Crippen molar-refractivity contribution in [3.63, 3.8) is 0 Å². The molecule has 0 aliphatic rings. The Hall–Kier alpha value is -1.10. The minimum Gasteiger partial charge on any atom is -0.348 e. The summed E-state index contributed by atoms with van der Waals surface area (Å²) in [4.78, 5) is 4.16. The highest BCUT2D eigenvalue weighted by atomic mass is 27.1. The number of hydrogen-bond donors (Lipinski definition) is 0. The van der Waals surface area contributed by atoms with Crippen molar-refractivity contribution in [3.8, 4) is 6.07 Å². The van der Waals surface area contributed by atoms with E-state index in [0.29, 0.717) is 5.56 Å². The number of hydrogen-bond acceptors (Lipinski definition) is 3. The van der Waals surface area contributed by atoms with Crippen molar-refractivity contribution in [1.82, 2.24) is 8.76 Å². The van der Waals surface area contributed by atoms with Crippen LogP contribution in [-0.4, -0.2) is 30.4 Å². The number of rotatable bonds is 2. The fraction of sp³-hybridized carbons (Fsp3) is 0.375. The summed E-state index contributed by atoms with van der Waals surface area (Å²) < 4.78 is 1.87. The molecule has 5 heteroatoms. The highest BCUT2D eigenvalue weighted by Crippen LogP contribution is 2.20. The first kappa shape index (κ1) is 9.99. The topological polar surface area (TPSA) is 54.0 Å². The Morgan fingerprint density at radius 2 is 2.38 bits per heavy atom. The predicted octanol–water partition coefficient (Wildman–Crippen LogP) is 1.03. The third-order valence-corrected chi connectivity index (χ3v) is 2.80. The van der Waals surface area contributed by atoms with Gasteiger partial charge >= 0.3 is 15.4 Å². The lowest BCUT2D eigenvalue weighted by atomic mass is 10.3. The monoisotopic (exact) mass is 190 g/mol. The zero-order chi connectivity index (χ0) is 9.84. The summed E-state index contributed by atoms with van der Waals surface area (Å²) in [5.74, 6) is 2.83. The molecule has 0 N–H and O–H groups in total. The Morgan fingerprint density at radius 3 is 2.85 bits per heavy atom. The second kappa shape index (κ2) is 4.23. The van der Waals surface area contributed by atoms with E-state index in [4.69, 9.17) is 5.26 Å². The van der Waals surface area contributed by atoms with Crippen LogP contribution in [0.5, 0.6) is 0 Å². The molecular formula is C8H11AlN4. The van der Waals surface area contributed by atoms with E-state index in [-0.39, 0.29) is 0 Å². The molecule has 66 valence electrons. The van der Waals surface area contributed by atoms with Crippen LogP contribution in [0.15, 0.2) is 4.99 Å². The van der Waals surface area contributed by atoms with Crippen LogP contribution in [0.3, 0.4) is 0 Å². The lowest BCUT2D eigenvalue weighted by Gasteiger charge is -1.96. The van der Waals surface area contributed by atoms with E-state index in [1.807, 2.05) is 17.5 Å². The van der Waals surface area contributed by atoms with E-state index >= 15 is 0 Å². The van der Waals surface area contributed by atoms with Crippen LogP contribution in [0, 0.1) is 18.3 Å². The van der Waals surface area contributed by atoms with Gasteiger partial charge in [0, 0.05) is 6.21 Å². The number of nitriles is 1. The van der Waals surface area contributed by atoms with Crippen molar-refractivity contribution in [1.29, 1.82) is 5.26 Å². The van der Waals surface area contributed by atoms with Gasteiger partial charge in [-0.25, -0.2) is 10.1 Å². The Kier molecular flexibility index (Phi) is 3.25. The molecule has 4 nitrogen and oxygen atoms in total. The zero-order valence-corrected chi connectivity index (χ0v) is 9.49. The molecule has 0 fully saturated rings. The number of aromatic nitrogens is 2. The van der Waals surface area contributed by atoms with Gasteiger partial charge in [-0.3, -0.25) is 0 Å². The molecule has 0 spiro atoms. The lowest BCUT2D eigenvalue weighted by Crippen LogP contribution is -2.02. The number of nitrogens with zero attached hydrogens (tertiary/aromatic N) is 4. The summed E-state index contributed by atoms with van der Waals surface area (Å²) in [5, 5.41) is 13.1. The molecular weight excluding hydrogens is 179 g/mol. The van der Waals surface area contributed by atoms with Crippen LogP contribution in [0.25, 0.3) is 0 Å². The van der Waals surface area contributed by atoms with Gasteiger partial charge in [-0.15, -0.1) is 0 Å². The molecule has 0 radical (unpaired) electrons. The molecule has 1 aromatic heterocycles. The lowest BCUT2D eigenvalue weighted by molar-refractivity contribution is 0.948. The highest BCUT2D eigenvalue weighted by Gasteiger charge is 2.12. The fourth-order valence-electron chi connectivity index (χ4n) is 1.17. The van der Waals surface area contributed by atoms with Gasteiger partial charge in [0.05, 0.1) is 5.69 Å². The van der Waals surface area contributed by atoms with Gasteiger partial charge in [0.15, 0.2) is 0 Å². The summed E-state index contributed by atoms with van der Waals surface area (Å²) in [5.41, 5.74) is 1.38. The van der Waals surface area contributed by atoms with Gasteiger partial charge in [0.25, 0.3) is 0 Å². The van der Waals surface area contributed by atoms with E-state index in [2.05, 4.69) is 21.9 Å². The first-order valence-electron chi connectivity index (χ1n) is 4.20. The average molecular weight is 190 g/mol. The van der Waals surface area contributed by atoms with Gasteiger partial charge in [-0.1, -0.05) is 5.79 Å². The Balaban J connectivity index is 3.34. The second-order valence-corrected chi connectivity index (χ2v) is 3.83. The SMILES string of the molecule is CC=Nc1c(C#N)c(C)n[n]1[AlH][CH3]. The predicted molar refractivity (Wildman–Crippen MR) is 53.9 cm³/mol. The Bertz CT molecular complexity index is 372. The number of aliphatic imine (C=N–C) groups is 1. The molecule has 1 rings (SSSR count). The largest absolute Gasteiger partial charge is 0.420 e. The van der Waals surface area contributed by atoms with Crippen molar-refractivity contribution >= 4 is 27.5 Å². The minimum atomic E-state index is -0.427. The van der Waals surface area contributed by atoms with E-state index in [9.17, 15) is 0 Å². The third kappa shape index (κ3) is 1.80. The molecule has 0 aliphatic heterocycles. The zero-order valence-electron chi connectivity index (χ0n) is 8.07. The first-order chi connectivity index (χ1) is 6.24. The Labute approximate surface area is 83.8 Å². The van der Waals surface area contributed by atoms with Crippen LogP contribution in [0.2, 0.25) is 5.79 Å². The van der Waals surface area contributed by atoms with Gasteiger partial charge in [-0.05, 0) is 13.8 Å². The quantitative estimate of drug-likeness (QED) is 0.516. The fourth-order valence-corrected chi connectivity index (χ4v) is 2.07. The molecule has 1 aromatic rings. The summed E-state index contributed by atoms with van der Waals surface area (Å²) in [6.07, 6.45) is 1.69. The molecule has 0 aliphatic carbocycles. The maximum absolute atomic E-state index is 8.87. The van der Waals surface area contributed by atoms with Crippen LogP contribution >= 0.6 is 0 Å². The van der Waals surface area contributed by atoms with Crippen LogP contribution in [-0.2, 0) is 0 Å². The molecule has 0 atom stereocenters. The van der Waals surface area contributed by atoms with E-state index in [0.717, 1.165) is 11.5 Å². The smallest absolute Gasteiger partial charge is 0.348 e. The van der Waals surface area contributed by atoms with Crippen LogP contribution in [0.1, 0.15) is 18.2 Å². The van der Waals surface area contributed by atoms with Crippen LogP contribution in [0.4, 0.5) is 5.82 Å². The van der Waals surface area contributed by atoms with Gasteiger partial charge in [-0.2, -0.15) is 5.26 Å². The van der Waals surface area contributed by atoms with Gasteiger partial charge in [0.2, 0.25) is 0 Å². The van der Waals surface area contributed by atoms with Crippen molar-refractivity contribution in [2.45, 2.75) is 19.6 Å². The molecule has 13 heavy (non-hydrogen) atoms. The summed E-state index contributed by atoms with van der Waals surface area (Å²) in [6.45, 7) is 3.68. The first-order valence-corrected chi connectivity index (χ1v) is 6.25. The maximum Gasteiger partial charge on any atom is 0.420 e. The van der Waals surface area contributed by atoms with E-state index in [1.165, 1.54) is 0 Å². The summed E-state index contributed by atoms with van der Waals surface area (Å²) >= 11 is -0.427. The molecule has 0 aromatic carbocycles. The molecule has 0 saturated carbocycles. The summed E-state index contributed by atoms with van der Waals surface area (Å²) in [6, 6.07) is 2.13. The molecule has 0 amide bonds. The van der Waals surface area contributed by atoms with Crippen LogP contribution < -0.4 is 0 Å². The van der Waals surface area contributed by atoms with E-state index in [1.54, 1.807) is 6.21 Å². The normalized spacial score (nSPS) is 10.3. The highest BCUT2D eigenvalue weighted by molar-refractivity contribution is 6.32. The minimum absolute atomic E-state index is 0.427. The van der Waals surface area contributed by atoms with Crippen molar-refractivity contribution in [3.05, 3.63) is 11.3 Å². The molecule has 0 unspecified atom stereocenters. The van der Waals surface area contributed by atoms with Gasteiger partial charge in [0.1, 0.15) is 17.5 Å². The standard InChI is InChI=1S/C7H7N4.CH3.Al.H/c1-3-9-7-6(4-8)5(2)10-11-7;;;/h3H,1-2H3;1H3;;/q-1;;+1;. The average Bonchev–Trinajstić information content (AvgIpc) is 2.43. The van der Waals surface area contributed by atoms with Crippen molar-refractivity contribution < 1.29 is 0 Å². The van der Waals surface area contributed by atoms with Crippen molar-refractivity contribution in [2.24, 2.45) is 4.99 Å². The van der Waals surface area contributed by atoms with Crippen molar-refractivity contribution in [2.75, 3.05) is 0 Å². The van der Waals surface area contributed by atoms with Gasteiger partial charge < -0.3 is 3.67 Å². The summed E-state index contributed by atoms with van der Waals surface area (Å²) in [7, 11) is 0. The van der Waals surface area contributed by atoms with E-state index < -0.39 is 15.4 Å². The number of aryl methyl sites for hydroxylation is 1. The third-order valence-electron chi connectivity index (χ3n) is 1.76. The molecule has 0 bridgehead atoms. The second-order valence-electron chi connectivity index (χ2n) is 2.60. The molecule has 1 heterocycles. The maximum atomic E-state index is 8.87. The molecule has 0 saturated heterocycles.